The van der Waals surface area contributed by atoms with Gasteiger partial charge in [-0.05, 0) is 49.2 Å². The fourth-order valence-electron chi connectivity index (χ4n) is 3.75. The van der Waals surface area contributed by atoms with Crippen molar-refractivity contribution in [2.45, 2.75) is 38.1 Å². The van der Waals surface area contributed by atoms with Crippen LogP contribution in [0, 0.1) is 0 Å². The second-order valence-corrected chi connectivity index (χ2v) is 7.75. The molecule has 4 aromatic rings. The van der Waals surface area contributed by atoms with Crippen molar-refractivity contribution < 1.29 is 4.42 Å². The van der Waals surface area contributed by atoms with Crippen molar-refractivity contribution in [2.24, 2.45) is 0 Å². The number of halogens is 1. The van der Waals surface area contributed by atoms with Crippen LogP contribution < -0.4 is 5.32 Å². The van der Waals surface area contributed by atoms with E-state index in [2.05, 4.69) is 20.5 Å². The lowest BCUT2D eigenvalue weighted by atomic mass is 9.95. The van der Waals surface area contributed by atoms with Crippen molar-refractivity contribution in [1.29, 1.82) is 0 Å². The van der Waals surface area contributed by atoms with Gasteiger partial charge in [-0.25, -0.2) is 9.97 Å². The Balaban J connectivity index is 1.52. The molecule has 5 rings (SSSR count). The van der Waals surface area contributed by atoms with E-state index >= 15 is 0 Å². The van der Waals surface area contributed by atoms with E-state index in [0.717, 1.165) is 35.1 Å². The summed E-state index contributed by atoms with van der Waals surface area (Å²) in [5, 5.41) is 13.6. The van der Waals surface area contributed by atoms with Gasteiger partial charge >= 0.3 is 0 Å². The highest BCUT2D eigenvalue weighted by Gasteiger charge is 2.19. The summed E-state index contributed by atoms with van der Waals surface area (Å²) in [5.74, 6) is 1.96. The summed E-state index contributed by atoms with van der Waals surface area (Å²) < 4.78 is 5.87. The number of para-hydroxylation sites is 1. The second kappa shape index (κ2) is 7.79. The minimum absolute atomic E-state index is 0.299. The normalized spacial score (nSPS) is 14.9. The fraction of sp³-hybridized carbons (Fsp3) is 0.273. The van der Waals surface area contributed by atoms with Gasteiger partial charge in [0, 0.05) is 22.0 Å². The van der Waals surface area contributed by atoms with Gasteiger partial charge in [0.1, 0.15) is 5.82 Å². The van der Waals surface area contributed by atoms with E-state index in [0.29, 0.717) is 28.7 Å². The van der Waals surface area contributed by atoms with Crippen LogP contribution in [0.25, 0.3) is 34.1 Å². The first-order valence-electron chi connectivity index (χ1n) is 9.89. The third kappa shape index (κ3) is 3.80. The fourth-order valence-corrected chi connectivity index (χ4v) is 3.87. The quantitative estimate of drug-likeness (QED) is 0.466. The van der Waals surface area contributed by atoms with Crippen molar-refractivity contribution in [3.8, 4) is 23.2 Å². The van der Waals surface area contributed by atoms with Gasteiger partial charge in [0.15, 0.2) is 0 Å². The van der Waals surface area contributed by atoms with Gasteiger partial charge in [0.25, 0.3) is 5.89 Å². The molecule has 6 nitrogen and oxygen atoms in total. The molecular formula is C22H20ClN5O. The molecule has 1 saturated carbocycles. The number of aromatic nitrogens is 4. The Morgan fingerprint density at radius 3 is 2.45 bits per heavy atom. The summed E-state index contributed by atoms with van der Waals surface area (Å²) in [4.78, 5) is 9.40. The van der Waals surface area contributed by atoms with Crippen molar-refractivity contribution >= 4 is 28.3 Å². The molecule has 0 saturated heterocycles. The van der Waals surface area contributed by atoms with Crippen LogP contribution in [0.3, 0.4) is 0 Å². The average molecular weight is 406 g/mol. The third-order valence-electron chi connectivity index (χ3n) is 5.26. The number of rotatable bonds is 4. The zero-order chi connectivity index (χ0) is 19.6. The van der Waals surface area contributed by atoms with Crippen molar-refractivity contribution in [1.82, 2.24) is 20.2 Å². The SMILES string of the molecule is Clc1ccc(-c2nnc(-c3nc(NC4CCCCC4)c4ccccc4n3)o2)cc1. The molecule has 2 aromatic carbocycles. The number of nitrogens with zero attached hydrogens (tertiary/aromatic N) is 4. The van der Waals surface area contributed by atoms with Gasteiger partial charge in [-0.3, -0.25) is 0 Å². The molecule has 0 unspecified atom stereocenters. The maximum Gasteiger partial charge on any atom is 0.286 e. The van der Waals surface area contributed by atoms with Crippen molar-refractivity contribution in [3.63, 3.8) is 0 Å². The molecule has 1 N–H and O–H groups in total. The van der Waals surface area contributed by atoms with Gasteiger partial charge in [-0.15, -0.1) is 10.2 Å². The Morgan fingerprint density at radius 1 is 0.862 bits per heavy atom. The highest BCUT2D eigenvalue weighted by Crippen LogP contribution is 2.29. The summed E-state index contributed by atoms with van der Waals surface area (Å²) in [6.07, 6.45) is 6.14. The Bertz CT molecular complexity index is 1140. The van der Waals surface area contributed by atoms with Crippen LogP contribution in [0.15, 0.2) is 52.9 Å². The summed E-state index contributed by atoms with van der Waals surface area (Å²) in [6, 6.07) is 15.7. The highest BCUT2D eigenvalue weighted by atomic mass is 35.5. The molecule has 146 valence electrons. The third-order valence-corrected chi connectivity index (χ3v) is 5.51. The summed E-state index contributed by atoms with van der Waals surface area (Å²) in [5.41, 5.74) is 1.65. The lowest BCUT2D eigenvalue weighted by Gasteiger charge is -2.24. The number of hydrogen-bond acceptors (Lipinski definition) is 6. The molecule has 0 amide bonds. The average Bonchev–Trinajstić information content (AvgIpc) is 3.25. The van der Waals surface area contributed by atoms with Crippen LogP contribution in [-0.2, 0) is 0 Å². The minimum Gasteiger partial charge on any atom is -0.413 e. The Morgan fingerprint density at radius 2 is 1.62 bits per heavy atom. The highest BCUT2D eigenvalue weighted by molar-refractivity contribution is 6.30. The van der Waals surface area contributed by atoms with Crippen LogP contribution in [0.1, 0.15) is 32.1 Å². The van der Waals surface area contributed by atoms with Crippen LogP contribution in [0.5, 0.6) is 0 Å². The zero-order valence-electron chi connectivity index (χ0n) is 15.8. The summed E-state index contributed by atoms with van der Waals surface area (Å²) in [7, 11) is 0. The first kappa shape index (κ1) is 18.1. The van der Waals surface area contributed by atoms with Crippen LogP contribution in [0.4, 0.5) is 5.82 Å². The van der Waals surface area contributed by atoms with Crippen LogP contribution in [0.2, 0.25) is 5.02 Å². The largest absolute Gasteiger partial charge is 0.413 e. The van der Waals surface area contributed by atoms with Gasteiger partial charge < -0.3 is 9.73 Å². The summed E-state index contributed by atoms with van der Waals surface area (Å²) >= 11 is 5.96. The molecule has 1 aliphatic carbocycles. The molecule has 7 heteroatoms. The van der Waals surface area contributed by atoms with Gasteiger partial charge in [0.05, 0.1) is 5.52 Å². The number of anilines is 1. The summed E-state index contributed by atoms with van der Waals surface area (Å²) in [6.45, 7) is 0. The molecule has 0 bridgehead atoms. The number of benzene rings is 2. The number of fused-ring (bicyclic) bond motifs is 1. The lowest BCUT2D eigenvalue weighted by molar-refractivity contribution is 0.462. The van der Waals surface area contributed by atoms with E-state index in [4.69, 9.17) is 21.0 Å². The first-order chi connectivity index (χ1) is 14.3. The van der Waals surface area contributed by atoms with Crippen LogP contribution >= 0.6 is 11.6 Å². The Kier molecular flexibility index (Phi) is 4.86. The molecular weight excluding hydrogens is 386 g/mol. The molecule has 1 aliphatic rings. The molecule has 29 heavy (non-hydrogen) atoms. The molecule has 2 heterocycles. The van der Waals surface area contributed by atoms with E-state index < -0.39 is 0 Å². The van der Waals surface area contributed by atoms with Gasteiger partial charge in [-0.1, -0.05) is 43.0 Å². The maximum atomic E-state index is 5.96. The maximum absolute atomic E-state index is 5.96. The van der Waals surface area contributed by atoms with E-state index in [1.54, 1.807) is 12.1 Å². The molecule has 0 radical (unpaired) electrons. The molecule has 0 atom stereocenters. The molecule has 1 fully saturated rings. The van der Waals surface area contributed by atoms with Crippen molar-refractivity contribution in [2.75, 3.05) is 5.32 Å². The predicted octanol–water partition coefficient (Wildman–Crippen LogP) is 5.74. The smallest absolute Gasteiger partial charge is 0.286 e. The molecule has 0 aliphatic heterocycles. The number of nitrogens with one attached hydrogen (secondary N) is 1. The Hall–Kier alpha value is -2.99. The van der Waals surface area contributed by atoms with E-state index in [1.165, 1.54) is 19.3 Å². The second-order valence-electron chi connectivity index (χ2n) is 7.31. The van der Waals surface area contributed by atoms with E-state index in [-0.39, 0.29) is 0 Å². The molecule has 0 spiro atoms. The predicted molar refractivity (Wildman–Crippen MR) is 114 cm³/mol. The van der Waals surface area contributed by atoms with Crippen LogP contribution in [-0.4, -0.2) is 26.2 Å². The Labute approximate surface area is 173 Å². The van der Waals surface area contributed by atoms with E-state index in [1.807, 2.05) is 36.4 Å². The lowest BCUT2D eigenvalue weighted by Crippen LogP contribution is -2.23. The zero-order valence-corrected chi connectivity index (χ0v) is 16.6. The van der Waals surface area contributed by atoms with Crippen molar-refractivity contribution in [3.05, 3.63) is 53.6 Å². The monoisotopic (exact) mass is 405 g/mol. The first-order valence-corrected chi connectivity index (χ1v) is 10.3. The minimum atomic E-state index is 0.299. The van der Waals surface area contributed by atoms with Gasteiger partial charge in [-0.2, -0.15) is 0 Å². The number of hydrogen-bond donors (Lipinski definition) is 1. The van der Waals surface area contributed by atoms with Gasteiger partial charge in [0.2, 0.25) is 11.7 Å². The molecule has 2 aromatic heterocycles. The topological polar surface area (TPSA) is 76.7 Å². The van der Waals surface area contributed by atoms with E-state index in [9.17, 15) is 0 Å². The standard InChI is InChI=1S/C22H20ClN5O/c23-15-12-10-14(11-13-15)21-27-28-22(29-21)20-25-18-9-5-4-8-17(18)19(26-20)24-16-6-2-1-3-7-16/h4-5,8-13,16H,1-3,6-7H2,(H,24,25,26).